The van der Waals surface area contributed by atoms with Gasteiger partial charge in [0.15, 0.2) is 0 Å². The molecule has 2 unspecified atom stereocenters. The summed E-state index contributed by atoms with van der Waals surface area (Å²) in [6, 6.07) is 0. The van der Waals surface area contributed by atoms with Gasteiger partial charge in [0.25, 0.3) is 0 Å². The molecule has 0 aromatic rings. The normalized spacial score (nSPS) is 29.5. The Labute approximate surface area is 108 Å². The third-order valence-corrected chi connectivity index (χ3v) is 4.50. The zero-order chi connectivity index (χ0) is 12.6. The highest BCUT2D eigenvalue weighted by Crippen LogP contribution is 2.37. The van der Waals surface area contributed by atoms with Crippen molar-refractivity contribution in [2.24, 2.45) is 5.92 Å². The van der Waals surface area contributed by atoms with Crippen molar-refractivity contribution >= 4 is 0 Å². The first kappa shape index (κ1) is 15.0. The minimum Gasteiger partial charge on any atom is -0.390 e. The van der Waals surface area contributed by atoms with Gasteiger partial charge in [-0.1, -0.05) is 71.6 Å². The molecule has 1 heteroatoms. The van der Waals surface area contributed by atoms with E-state index in [1.807, 2.05) is 0 Å². The Kier molecular flexibility index (Phi) is 7.18. The lowest BCUT2D eigenvalue weighted by Crippen LogP contribution is -2.35. The summed E-state index contributed by atoms with van der Waals surface area (Å²) in [5.41, 5.74) is -0.302. The lowest BCUT2D eigenvalue weighted by Gasteiger charge is -2.36. The van der Waals surface area contributed by atoms with E-state index in [4.69, 9.17) is 0 Å². The number of aliphatic hydroxyl groups is 1. The molecule has 1 N–H and O–H groups in total. The number of hydrogen-bond donors (Lipinski definition) is 1. The summed E-state index contributed by atoms with van der Waals surface area (Å²) in [4.78, 5) is 0. The van der Waals surface area contributed by atoms with Gasteiger partial charge >= 0.3 is 0 Å². The van der Waals surface area contributed by atoms with Crippen molar-refractivity contribution in [3.05, 3.63) is 0 Å². The standard InChI is InChI=1S/C16H32O/c1-3-5-6-7-8-9-12-16(17)13-10-11-15(4-2)14-16/h15,17H,3-14H2,1-2H3. The van der Waals surface area contributed by atoms with Crippen LogP contribution in [0.25, 0.3) is 0 Å². The number of hydrogen-bond acceptors (Lipinski definition) is 1. The summed E-state index contributed by atoms with van der Waals surface area (Å²) >= 11 is 0. The summed E-state index contributed by atoms with van der Waals surface area (Å²) in [7, 11) is 0. The first-order valence-electron chi connectivity index (χ1n) is 7.92. The van der Waals surface area contributed by atoms with Crippen LogP contribution in [-0.4, -0.2) is 10.7 Å². The van der Waals surface area contributed by atoms with Crippen LogP contribution in [0.2, 0.25) is 0 Å². The summed E-state index contributed by atoms with van der Waals surface area (Å²) in [6.07, 6.45) is 15.0. The first-order valence-corrected chi connectivity index (χ1v) is 7.92. The summed E-state index contributed by atoms with van der Waals surface area (Å²) in [5.74, 6) is 0.786. The van der Waals surface area contributed by atoms with Gasteiger partial charge in [-0.25, -0.2) is 0 Å². The van der Waals surface area contributed by atoms with Crippen molar-refractivity contribution in [1.29, 1.82) is 0 Å². The zero-order valence-electron chi connectivity index (χ0n) is 12.0. The van der Waals surface area contributed by atoms with Crippen LogP contribution in [0.3, 0.4) is 0 Å². The molecule has 0 aromatic carbocycles. The van der Waals surface area contributed by atoms with Crippen LogP contribution in [0.15, 0.2) is 0 Å². The Hall–Kier alpha value is -0.0400. The van der Waals surface area contributed by atoms with Crippen molar-refractivity contribution in [2.45, 2.75) is 96.5 Å². The average Bonchev–Trinajstić information content (AvgIpc) is 2.33. The Balaban J connectivity index is 2.11. The van der Waals surface area contributed by atoms with E-state index in [1.165, 1.54) is 57.8 Å². The fourth-order valence-corrected chi connectivity index (χ4v) is 3.27. The van der Waals surface area contributed by atoms with Crippen LogP contribution >= 0.6 is 0 Å². The van der Waals surface area contributed by atoms with Crippen molar-refractivity contribution in [3.63, 3.8) is 0 Å². The zero-order valence-corrected chi connectivity index (χ0v) is 12.0. The Morgan fingerprint density at radius 3 is 2.47 bits per heavy atom. The summed E-state index contributed by atoms with van der Waals surface area (Å²) in [5, 5.41) is 10.6. The van der Waals surface area contributed by atoms with Gasteiger partial charge in [-0.15, -0.1) is 0 Å². The minimum absolute atomic E-state index is 0.302. The molecule has 0 radical (unpaired) electrons. The van der Waals surface area contributed by atoms with E-state index in [0.29, 0.717) is 0 Å². The molecule has 0 amide bonds. The van der Waals surface area contributed by atoms with Gasteiger partial charge in [0, 0.05) is 0 Å². The molecule has 1 aliphatic rings. The maximum Gasteiger partial charge on any atom is 0.0650 e. The second-order valence-corrected chi connectivity index (χ2v) is 6.11. The first-order chi connectivity index (χ1) is 8.20. The maximum atomic E-state index is 10.6. The molecule has 0 aromatic heterocycles. The van der Waals surface area contributed by atoms with E-state index < -0.39 is 0 Å². The Morgan fingerprint density at radius 2 is 1.76 bits per heavy atom. The molecule has 2 atom stereocenters. The second-order valence-electron chi connectivity index (χ2n) is 6.11. The highest BCUT2D eigenvalue weighted by molar-refractivity contribution is 4.85. The van der Waals surface area contributed by atoms with Gasteiger partial charge in [-0.05, 0) is 25.2 Å². The number of unbranched alkanes of at least 4 members (excludes halogenated alkanes) is 5. The van der Waals surface area contributed by atoms with Gasteiger partial charge in [0.05, 0.1) is 5.60 Å². The highest BCUT2D eigenvalue weighted by Gasteiger charge is 2.32. The molecule has 0 aliphatic heterocycles. The van der Waals surface area contributed by atoms with Crippen molar-refractivity contribution in [1.82, 2.24) is 0 Å². The van der Waals surface area contributed by atoms with E-state index >= 15 is 0 Å². The third-order valence-electron chi connectivity index (χ3n) is 4.50. The molecule has 0 saturated heterocycles. The van der Waals surface area contributed by atoms with Crippen molar-refractivity contribution in [2.75, 3.05) is 0 Å². The van der Waals surface area contributed by atoms with E-state index in [9.17, 15) is 5.11 Å². The topological polar surface area (TPSA) is 20.2 Å². The van der Waals surface area contributed by atoms with Gasteiger partial charge in [-0.2, -0.15) is 0 Å². The highest BCUT2D eigenvalue weighted by atomic mass is 16.3. The molecule has 1 aliphatic carbocycles. The predicted molar refractivity (Wildman–Crippen MR) is 75.2 cm³/mol. The molecular formula is C16H32O. The van der Waals surface area contributed by atoms with E-state index in [0.717, 1.165) is 25.2 Å². The van der Waals surface area contributed by atoms with Gasteiger partial charge in [0.1, 0.15) is 0 Å². The number of rotatable bonds is 8. The summed E-state index contributed by atoms with van der Waals surface area (Å²) in [6.45, 7) is 4.52. The molecule has 102 valence electrons. The van der Waals surface area contributed by atoms with Crippen LogP contribution < -0.4 is 0 Å². The predicted octanol–water partition coefficient (Wildman–Crippen LogP) is 5.07. The third kappa shape index (κ3) is 5.90. The molecule has 0 bridgehead atoms. The monoisotopic (exact) mass is 240 g/mol. The summed E-state index contributed by atoms with van der Waals surface area (Å²) < 4.78 is 0. The van der Waals surface area contributed by atoms with E-state index in [-0.39, 0.29) is 5.60 Å². The fourth-order valence-electron chi connectivity index (χ4n) is 3.27. The van der Waals surface area contributed by atoms with Crippen molar-refractivity contribution in [3.8, 4) is 0 Å². The van der Waals surface area contributed by atoms with E-state index in [2.05, 4.69) is 13.8 Å². The van der Waals surface area contributed by atoms with Crippen LogP contribution in [0.4, 0.5) is 0 Å². The van der Waals surface area contributed by atoms with Crippen LogP contribution in [0.5, 0.6) is 0 Å². The Morgan fingerprint density at radius 1 is 1.06 bits per heavy atom. The van der Waals surface area contributed by atoms with Crippen LogP contribution in [0, 0.1) is 5.92 Å². The smallest absolute Gasteiger partial charge is 0.0650 e. The molecule has 0 spiro atoms. The molecule has 17 heavy (non-hydrogen) atoms. The quantitative estimate of drug-likeness (QED) is 0.587. The van der Waals surface area contributed by atoms with Crippen molar-refractivity contribution < 1.29 is 5.11 Å². The molecule has 1 rings (SSSR count). The molecule has 1 nitrogen and oxygen atoms in total. The van der Waals surface area contributed by atoms with Gasteiger partial charge in [0.2, 0.25) is 0 Å². The maximum absolute atomic E-state index is 10.6. The largest absolute Gasteiger partial charge is 0.390 e. The SMILES string of the molecule is CCCCCCCCC1(O)CCCC(CC)C1. The molecular weight excluding hydrogens is 208 g/mol. The Bertz CT molecular complexity index is 190. The van der Waals surface area contributed by atoms with E-state index in [1.54, 1.807) is 0 Å². The van der Waals surface area contributed by atoms with Crippen LogP contribution in [0.1, 0.15) is 90.9 Å². The van der Waals surface area contributed by atoms with Gasteiger partial charge < -0.3 is 5.11 Å². The second kappa shape index (κ2) is 8.13. The molecule has 1 saturated carbocycles. The van der Waals surface area contributed by atoms with Crippen LogP contribution in [-0.2, 0) is 0 Å². The molecule has 1 fully saturated rings. The lowest BCUT2D eigenvalue weighted by molar-refractivity contribution is -0.0255. The lowest BCUT2D eigenvalue weighted by atomic mass is 9.75. The molecule has 0 heterocycles. The average molecular weight is 240 g/mol. The minimum atomic E-state index is -0.302. The fraction of sp³-hybridized carbons (Fsp3) is 1.00. The van der Waals surface area contributed by atoms with Gasteiger partial charge in [-0.3, -0.25) is 0 Å².